The van der Waals surface area contributed by atoms with Crippen LogP contribution in [0.1, 0.15) is 109 Å². The van der Waals surface area contributed by atoms with Crippen LogP contribution in [-0.2, 0) is 0 Å². The Labute approximate surface area is 208 Å². The van der Waals surface area contributed by atoms with Gasteiger partial charge in [-0.15, -0.1) is 0 Å². The molecule has 0 aliphatic heterocycles. The highest BCUT2D eigenvalue weighted by Gasteiger charge is 3.43. The van der Waals surface area contributed by atoms with Crippen molar-refractivity contribution in [2.24, 2.45) is 99.5 Å². The summed E-state index contributed by atoms with van der Waals surface area (Å²) in [5.41, 5.74) is 9.22. The summed E-state index contributed by atoms with van der Waals surface area (Å²) in [5, 5.41) is 0. The van der Waals surface area contributed by atoms with Crippen LogP contribution in [0, 0.1) is 99.5 Å². The Morgan fingerprint density at radius 2 is 1.29 bits per heavy atom. The summed E-state index contributed by atoms with van der Waals surface area (Å²) in [6.45, 7) is 33.6. The molecule has 0 aromatic heterocycles. The third-order valence-corrected chi connectivity index (χ3v) is 22.8. The number of rotatable bonds is 3. The lowest BCUT2D eigenvalue weighted by Gasteiger charge is -3.37. The summed E-state index contributed by atoms with van der Waals surface area (Å²) in [5.74, 6) is 3.99. The first-order chi connectivity index (χ1) is 15.7. The van der Waals surface area contributed by atoms with Gasteiger partial charge in [0.2, 0.25) is 0 Å². The highest BCUT2D eigenvalue weighted by Crippen LogP contribution is 3.45. The highest BCUT2D eigenvalue weighted by atomic mass is 15.5. The van der Waals surface area contributed by atoms with E-state index >= 15 is 0 Å². The molecule has 34 heavy (non-hydrogen) atoms. The summed E-state index contributed by atoms with van der Waals surface area (Å²) in [6, 6.07) is 0. The Morgan fingerprint density at radius 3 is 1.85 bits per heavy atom. The van der Waals surface area contributed by atoms with Crippen LogP contribution in [-0.4, -0.2) is 0 Å². The van der Waals surface area contributed by atoms with Gasteiger partial charge in [-0.2, -0.15) is 0 Å². The monoisotopic (exact) mass is 456 g/mol. The van der Waals surface area contributed by atoms with Gasteiger partial charge >= 0.3 is 0 Å². The molecule has 0 saturated heterocycles. The minimum atomic E-state index is 0.510. The summed E-state index contributed by atoms with van der Waals surface area (Å²) >= 11 is 0. The molecule has 18 atom stereocenters. The number of fused-ring (bicyclic) bond motifs is 4. The maximum absolute atomic E-state index is 2.98. The standard InChI is InChI=1S/C34H48/c1-13-21(7)22(8)19(6)23(9)25(11)30-16-28(30)18(5)20-17(4)27(14-2)26(12)29(15-3)24(21,10)32(22,23)34(25,29)33(26,30)31(20,27)28/h17-20H,13-16H2,1-12H3. The number of hydrogen-bond acceptors (Lipinski definition) is 0. The smallest absolute Gasteiger partial charge is 0.00179 e. The van der Waals surface area contributed by atoms with Gasteiger partial charge in [-0.1, -0.05) is 83.1 Å². The minimum Gasteiger partial charge on any atom is -0.0648 e. The fourth-order valence-electron chi connectivity index (χ4n) is 25.1. The van der Waals surface area contributed by atoms with Crippen LogP contribution in [0.5, 0.6) is 0 Å². The molecule has 11 rings (SSSR count). The van der Waals surface area contributed by atoms with Crippen LogP contribution in [0.2, 0.25) is 0 Å². The second kappa shape index (κ2) is 3.38. The predicted molar refractivity (Wildman–Crippen MR) is 135 cm³/mol. The Hall–Kier alpha value is 0. The molecule has 184 valence electrons. The first-order valence-corrected chi connectivity index (χ1v) is 15.7. The molecule has 0 aromatic carbocycles. The molecule has 6 spiro atoms. The average Bonchev–Trinajstić information content (AvgIpc) is 3.50. The van der Waals surface area contributed by atoms with Gasteiger partial charge in [0.25, 0.3) is 0 Å². The molecule has 0 bridgehead atoms. The van der Waals surface area contributed by atoms with Crippen LogP contribution < -0.4 is 0 Å². The Kier molecular flexibility index (Phi) is 1.90. The fourth-order valence-corrected chi connectivity index (χ4v) is 25.1. The Morgan fingerprint density at radius 1 is 0.647 bits per heavy atom. The van der Waals surface area contributed by atoms with Crippen molar-refractivity contribution in [1.82, 2.24) is 0 Å². The lowest BCUT2D eigenvalue weighted by molar-refractivity contribution is -0.924. The second-order valence-corrected chi connectivity index (χ2v) is 18.0. The van der Waals surface area contributed by atoms with E-state index in [4.69, 9.17) is 0 Å². The van der Waals surface area contributed by atoms with Gasteiger partial charge in [-0.05, 0) is 125 Å². The molecule has 0 aromatic rings. The first-order valence-electron chi connectivity index (χ1n) is 15.7. The van der Waals surface area contributed by atoms with Crippen LogP contribution in [0.15, 0.2) is 0 Å². The molecular formula is C34H48. The quantitative estimate of drug-likeness (QED) is 0.401. The normalized spacial score (nSPS) is 94.6. The zero-order valence-electron chi connectivity index (χ0n) is 24.1. The zero-order chi connectivity index (χ0) is 24.1. The molecule has 0 amide bonds. The lowest BCUT2D eigenvalue weighted by atomic mass is 8.65. The second-order valence-electron chi connectivity index (χ2n) is 18.0. The van der Waals surface area contributed by atoms with Crippen LogP contribution in [0.3, 0.4) is 0 Å². The summed E-state index contributed by atoms with van der Waals surface area (Å²) in [4.78, 5) is 0. The van der Waals surface area contributed by atoms with Crippen molar-refractivity contribution in [3.05, 3.63) is 0 Å². The Balaban J connectivity index is 1.33. The van der Waals surface area contributed by atoms with Crippen molar-refractivity contribution in [2.75, 3.05) is 0 Å². The number of hydrogen-bond donors (Lipinski definition) is 0. The van der Waals surface area contributed by atoms with Crippen molar-refractivity contribution in [3.8, 4) is 0 Å². The SMILES string of the molecule is CCC1(C)C2(C)C(C)C3(C)C4(C)C56CC57C(C)C5C(C)C8(CC)C9(C)C%10(CC)C1(C)C23C4%10C96C587. The molecule has 11 aliphatic carbocycles. The van der Waals surface area contributed by atoms with Crippen molar-refractivity contribution < 1.29 is 0 Å². The molecule has 0 heterocycles. The topological polar surface area (TPSA) is 0 Å². The van der Waals surface area contributed by atoms with Crippen LogP contribution in [0.4, 0.5) is 0 Å². The van der Waals surface area contributed by atoms with E-state index in [2.05, 4.69) is 83.1 Å². The first kappa shape index (κ1) is 19.1. The van der Waals surface area contributed by atoms with Gasteiger partial charge in [0.05, 0.1) is 0 Å². The van der Waals surface area contributed by atoms with Gasteiger partial charge in [0.1, 0.15) is 0 Å². The largest absolute Gasteiger partial charge is 0.0648 e. The molecule has 0 heteroatoms. The fraction of sp³-hybridized carbons (Fsp3) is 1.00. The van der Waals surface area contributed by atoms with Gasteiger partial charge in [0.15, 0.2) is 0 Å². The maximum atomic E-state index is 2.98. The maximum Gasteiger partial charge on any atom is -0.00179 e. The third-order valence-electron chi connectivity index (χ3n) is 22.8. The summed E-state index contributed by atoms with van der Waals surface area (Å²) < 4.78 is 0. The molecule has 18 unspecified atom stereocenters. The van der Waals surface area contributed by atoms with Gasteiger partial charge in [-0.3, -0.25) is 0 Å². The van der Waals surface area contributed by atoms with E-state index in [-0.39, 0.29) is 0 Å². The van der Waals surface area contributed by atoms with Gasteiger partial charge < -0.3 is 0 Å². The zero-order valence-corrected chi connectivity index (χ0v) is 24.1. The van der Waals surface area contributed by atoms with Crippen molar-refractivity contribution in [1.29, 1.82) is 0 Å². The highest BCUT2D eigenvalue weighted by molar-refractivity contribution is 5.88. The van der Waals surface area contributed by atoms with Gasteiger partial charge in [0, 0.05) is 0 Å². The van der Waals surface area contributed by atoms with E-state index in [1.807, 2.05) is 0 Å². The van der Waals surface area contributed by atoms with E-state index in [0.717, 1.165) is 45.3 Å². The van der Waals surface area contributed by atoms with E-state index in [1.165, 1.54) is 19.3 Å². The van der Waals surface area contributed by atoms with E-state index in [0.29, 0.717) is 54.1 Å². The molecule has 11 saturated carbocycles. The molecular weight excluding hydrogens is 408 g/mol. The molecule has 0 radical (unpaired) electrons. The van der Waals surface area contributed by atoms with Crippen molar-refractivity contribution >= 4 is 0 Å². The van der Waals surface area contributed by atoms with Crippen LogP contribution in [0.25, 0.3) is 0 Å². The minimum absolute atomic E-state index is 0.510. The summed E-state index contributed by atoms with van der Waals surface area (Å²) in [6.07, 6.45) is 6.02. The molecule has 11 fully saturated rings. The van der Waals surface area contributed by atoms with Crippen LogP contribution >= 0.6 is 0 Å². The molecule has 11 aliphatic rings. The Bertz CT molecular complexity index is 1330. The molecule has 0 N–H and O–H groups in total. The van der Waals surface area contributed by atoms with Crippen molar-refractivity contribution in [2.45, 2.75) is 109 Å². The van der Waals surface area contributed by atoms with E-state index in [9.17, 15) is 0 Å². The van der Waals surface area contributed by atoms with Gasteiger partial charge in [-0.25, -0.2) is 0 Å². The average molecular weight is 457 g/mol. The van der Waals surface area contributed by atoms with E-state index in [1.54, 1.807) is 6.42 Å². The third kappa shape index (κ3) is 0.576. The molecule has 0 nitrogen and oxygen atoms in total. The van der Waals surface area contributed by atoms with E-state index < -0.39 is 0 Å². The lowest BCUT2D eigenvalue weighted by Crippen LogP contribution is -3.35. The summed E-state index contributed by atoms with van der Waals surface area (Å²) in [7, 11) is 0. The predicted octanol–water partition coefficient (Wildman–Crippen LogP) is 8.21. The van der Waals surface area contributed by atoms with Crippen molar-refractivity contribution in [3.63, 3.8) is 0 Å².